The highest BCUT2D eigenvalue weighted by molar-refractivity contribution is 5.95. The van der Waals surface area contributed by atoms with Gasteiger partial charge in [-0.05, 0) is 67.6 Å². The molecular weight excluding hydrogens is 430 g/mol. The summed E-state index contributed by atoms with van der Waals surface area (Å²) < 4.78 is 18.9. The lowest BCUT2D eigenvalue weighted by Gasteiger charge is -2.52. The summed E-state index contributed by atoms with van der Waals surface area (Å²) in [7, 11) is 0. The van der Waals surface area contributed by atoms with E-state index in [-0.39, 0.29) is 29.0 Å². The molecule has 2 heterocycles. The van der Waals surface area contributed by atoms with Crippen molar-refractivity contribution in [1.82, 2.24) is 4.98 Å². The number of hydrogen-bond acceptors (Lipinski definition) is 6. The Balaban J connectivity index is 1.57. The van der Waals surface area contributed by atoms with Crippen LogP contribution >= 0.6 is 0 Å². The Hall–Kier alpha value is -2.02. The van der Waals surface area contributed by atoms with Gasteiger partial charge >= 0.3 is 0 Å². The molecule has 0 radical (unpaired) electrons. The Labute approximate surface area is 201 Å². The Bertz CT molecular complexity index is 1110. The summed E-state index contributed by atoms with van der Waals surface area (Å²) in [5.41, 5.74) is -0.942. The maximum atomic E-state index is 14.6. The van der Waals surface area contributed by atoms with Crippen molar-refractivity contribution in [2.24, 2.45) is 34.5 Å². The molecule has 5 aliphatic rings. The second kappa shape index (κ2) is 6.80. The molecule has 6 nitrogen and oxygen atoms in total. The van der Waals surface area contributed by atoms with E-state index in [1.54, 1.807) is 12.3 Å². The van der Waals surface area contributed by atoms with Gasteiger partial charge in [-0.15, -0.1) is 0 Å². The molecular formula is C28H35NO5. The van der Waals surface area contributed by atoms with Gasteiger partial charge in [0.2, 0.25) is 5.88 Å². The predicted molar refractivity (Wildman–Crippen MR) is 126 cm³/mol. The zero-order valence-corrected chi connectivity index (χ0v) is 20.9. The minimum Gasteiger partial charge on any atom is -0.467 e. The fraction of sp³-hybridized carbons (Fsp3) is 0.643. The predicted octanol–water partition coefficient (Wildman–Crippen LogP) is 4.10. The van der Waals surface area contributed by atoms with Gasteiger partial charge in [0.05, 0.1) is 12.0 Å². The number of aliphatic hydroxyl groups is 1. The van der Waals surface area contributed by atoms with E-state index in [0.29, 0.717) is 18.4 Å². The average molecular weight is 466 g/mol. The van der Waals surface area contributed by atoms with E-state index in [0.717, 1.165) is 17.6 Å². The number of pyridine rings is 1. The van der Waals surface area contributed by atoms with Crippen molar-refractivity contribution in [2.75, 3.05) is 6.61 Å². The summed E-state index contributed by atoms with van der Waals surface area (Å²) in [5, 5.41) is 13.0. The van der Waals surface area contributed by atoms with Gasteiger partial charge in [-0.1, -0.05) is 39.0 Å². The molecule has 1 aromatic rings. The Morgan fingerprint density at radius 1 is 1.21 bits per heavy atom. The van der Waals surface area contributed by atoms with Crippen LogP contribution in [0, 0.1) is 34.5 Å². The lowest BCUT2D eigenvalue weighted by molar-refractivity contribution is -0.301. The molecule has 1 saturated heterocycles. The Morgan fingerprint density at radius 3 is 2.68 bits per heavy atom. The number of ether oxygens (including phenoxy) is 3. The lowest BCUT2D eigenvalue weighted by Crippen LogP contribution is -2.68. The molecule has 4 aliphatic carbocycles. The van der Waals surface area contributed by atoms with E-state index in [1.165, 1.54) is 0 Å². The molecule has 182 valence electrons. The van der Waals surface area contributed by atoms with Crippen molar-refractivity contribution >= 4 is 5.78 Å². The van der Waals surface area contributed by atoms with Crippen LogP contribution in [-0.4, -0.2) is 46.1 Å². The molecule has 1 spiro atoms. The van der Waals surface area contributed by atoms with Gasteiger partial charge < -0.3 is 19.3 Å². The van der Waals surface area contributed by atoms with Crippen molar-refractivity contribution in [3.05, 3.63) is 47.7 Å². The number of Topliss-reactive ketones (excluding diaryl/α,β-unsaturated/α-hetero) is 1. The van der Waals surface area contributed by atoms with E-state index in [4.69, 9.17) is 14.2 Å². The topological polar surface area (TPSA) is 77.9 Å². The van der Waals surface area contributed by atoms with Crippen LogP contribution in [-0.2, 0) is 14.3 Å². The quantitative estimate of drug-likeness (QED) is 0.663. The monoisotopic (exact) mass is 465 g/mol. The number of nitrogens with zero attached hydrogens (tertiary/aromatic N) is 1. The number of aromatic nitrogens is 1. The number of allylic oxidation sites excluding steroid dienone is 1. The fourth-order valence-corrected chi connectivity index (χ4v) is 7.84. The highest BCUT2D eigenvalue weighted by atomic mass is 16.7. The third kappa shape index (κ3) is 2.68. The molecule has 2 bridgehead atoms. The second-order valence-corrected chi connectivity index (χ2v) is 12.2. The molecule has 0 amide bonds. The first-order chi connectivity index (χ1) is 15.9. The Kier molecular flexibility index (Phi) is 4.49. The molecule has 6 heteroatoms. The maximum Gasteiger partial charge on any atom is 0.213 e. The molecule has 6 rings (SSSR count). The molecule has 0 aromatic carbocycles. The van der Waals surface area contributed by atoms with Crippen molar-refractivity contribution in [2.45, 2.75) is 71.6 Å². The summed E-state index contributed by atoms with van der Waals surface area (Å²) in [4.78, 5) is 19.0. The van der Waals surface area contributed by atoms with Gasteiger partial charge in [-0.3, -0.25) is 4.79 Å². The number of carbonyl (C=O) groups excluding carboxylic acids is 1. The van der Waals surface area contributed by atoms with Gasteiger partial charge in [0.15, 0.2) is 23.3 Å². The van der Waals surface area contributed by atoms with E-state index < -0.39 is 29.0 Å². The number of carbonyl (C=O) groups is 1. The van der Waals surface area contributed by atoms with E-state index >= 15 is 0 Å². The lowest BCUT2D eigenvalue weighted by atomic mass is 9.59. The number of rotatable bonds is 2. The van der Waals surface area contributed by atoms with Gasteiger partial charge in [0.25, 0.3) is 0 Å². The minimum absolute atomic E-state index is 0.0705. The molecule has 2 saturated carbocycles. The zero-order chi connectivity index (χ0) is 24.3. The molecule has 1 aromatic heterocycles. The van der Waals surface area contributed by atoms with E-state index in [1.807, 2.05) is 39.0 Å². The molecule has 1 aliphatic heterocycles. The van der Waals surface area contributed by atoms with Gasteiger partial charge in [-0.2, -0.15) is 0 Å². The number of ketones is 1. The zero-order valence-electron chi connectivity index (χ0n) is 20.9. The van der Waals surface area contributed by atoms with Crippen LogP contribution in [0.1, 0.15) is 48.0 Å². The minimum atomic E-state index is -1.62. The van der Waals surface area contributed by atoms with Crippen LogP contribution in [0.5, 0.6) is 5.88 Å². The van der Waals surface area contributed by atoms with Crippen LogP contribution in [0.4, 0.5) is 0 Å². The average Bonchev–Trinajstić information content (AvgIpc) is 3.27. The smallest absolute Gasteiger partial charge is 0.213 e. The maximum absolute atomic E-state index is 14.6. The van der Waals surface area contributed by atoms with Crippen LogP contribution in [0.2, 0.25) is 0 Å². The van der Waals surface area contributed by atoms with E-state index in [2.05, 4.69) is 31.8 Å². The van der Waals surface area contributed by atoms with Crippen molar-refractivity contribution < 1.29 is 24.1 Å². The Morgan fingerprint density at radius 2 is 1.97 bits per heavy atom. The molecule has 2 unspecified atom stereocenters. The highest BCUT2D eigenvalue weighted by Gasteiger charge is 2.77. The molecule has 34 heavy (non-hydrogen) atoms. The first-order valence-corrected chi connectivity index (χ1v) is 12.5. The SMILES string of the molecule is CC1=C[C@]23C(=O)[C@@H](C=C4COC(C)(C)O[C@H]4[C@]2(O)[C@H]1Oc1ccccn1)C1C(C[C@H]3C)C1(C)C. The van der Waals surface area contributed by atoms with Crippen LogP contribution in [0.3, 0.4) is 0 Å². The summed E-state index contributed by atoms with van der Waals surface area (Å²) in [6, 6.07) is 5.46. The van der Waals surface area contributed by atoms with E-state index in [9.17, 15) is 9.90 Å². The van der Waals surface area contributed by atoms with Gasteiger partial charge in [0, 0.05) is 18.2 Å². The summed E-state index contributed by atoms with van der Waals surface area (Å²) >= 11 is 0. The number of fused-ring (bicyclic) bond motifs is 5. The molecule has 8 atom stereocenters. The van der Waals surface area contributed by atoms with Crippen LogP contribution < -0.4 is 4.74 Å². The van der Waals surface area contributed by atoms with Crippen molar-refractivity contribution in [3.63, 3.8) is 0 Å². The second-order valence-electron chi connectivity index (χ2n) is 12.2. The molecule has 3 fully saturated rings. The normalized spacial score (nSPS) is 45.6. The summed E-state index contributed by atoms with van der Waals surface area (Å²) in [6.45, 7) is 12.7. The largest absolute Gasteiger partial charge is 0.467 e. The fourth-order valence-electron chi connectivity index (χ4n) is 7.84. The molecule has 1 N–H and O–H groups in total. The standard InChI is InChI=1S/C28H35NO5/c1-15-13-27-16(2)11-19-21(25(19,3)4)18(22(27)30)12-17-14-32-26(5,6)34-24(17)28(27,31)23(15)33-20-9-7-8-10-29-20/h7-10,12-13,16,18-19,21,23-24,31H,11,14H2,1-6H3/t16-,18+,19?,21?,23+,24-,27+,28-/m1/s1. The third-order valence-corrected chi connectivity index (χ3v) is 9.55. The van der Waals surface area contributed by atoms with Crippen molar-refractivity contribution in [1.29, 1.82) is 0 Å². The van der Waals surface area contributed by atoms with Crippen molar-refractivity contribution in [3.8, 4) is 5.88 Å². The highest BCUT2D eigenvalue weighted by Crippen LogP contribution is 2.72. The summed E-state index contributed by atoms with van der Waals surface area (Å²) in [6.07, 6.45) is 5.15. The van der Waals surface area contributed by atoms with Gasteiger partial charge in [0.1, 0.15) is 6.10 Å². The first-order valence-electron chi connectivity index (χ1n) is 12.5. The third-order valence-electron chi connectivity index (χ3n) is 9.55. The van der Waals surface area contributed by atoms with Crippen LogP contribution in [0.25, 0.3) is 0 Å². The first kappa shape index (κ1) is 22.4. The van der Waals surface area contributed by atoms with Gasteiger partial charge in [-0.25, -0.2) is 4.98 Å². The van der Waals surface area contributed by atoms with Crippen LogP contribution in [0.15, 0.2) is 47.7 Å². The summed E-state index contributed by atoms with van der Waals surface area (Å²) in [5.74, 6) is -0.0259. The number of hydrogen-bond donors (Lipinski definition) is 1.